The SMILES string of the molecule is N[C@H]1CCc2cc(Br)cc(O)c21. The molecule has 3 N–H and O–H groups in total. The van der Waals surface area contributed by atoms with Gasteiger partial charge in [-0.3, -0.25) is 0 Å². The summed E-state index contributed by atoms with van der Waals surface area (Å²) in [5.74, 6) is 0.323. The predicted molar refractivity (Wildman–Crippen MR) is 51.1 cm³/mol. The van der Waals surface area contributed by atoms with Crippen LogP contribution in [0.15, 0.2) is 16.6 Å². The minimum atomic E-state index is 0.0214. The molecule has 0 unspecified atom stereocenters. The normalized spacial score (nSPS) is 21.0. The van der Waals surface area contributed by atoms with E-state index >= 15 is 0 Å². The molecule has 1 atom stereocenters. The summed E-state index contributed by atoms with van der Waals surface area (Å²) >= 11 is 3.33. The quantitative estimate of drug-likeness (QED) is 0.714. The summed E-state index contributed by atoms with van der Waals surface area (Å²) < 4.78 is 0.924. The average molecular weight is 228 g/mol. The van der Waals surface area contributed by atoms with Gasteiger partial charge in [-0.2, -0.15) is 0 Å². The molecule has 0 fully saturated rings. The zero-order valence-electron chi connectivity index (χ0n) is 6.55. The highest BCUT2D eigenvalue weighted by Crippen LogP contribution is 2.37. The van der Waals surface area contributed by atoms with Crippen molar-refractivity contribution in [2.24, 2.45) is 5.73 Å². The molecule has 64 valence electrons. The van der Waals surface area contributed by atoms with Crippen molar-refractivity contribution in [1.29, 1.82) is 0 Å². The second kappa shape index (κ2) is 2.75. The Morgan fingerprint density at radius 3 is 3.00 bits per heavy atom. The van der Waals surface area contributed by atoms with E-state index in [1.807, 2.05) is 6.07 Å². The van der Waals surface area contributed by atoms with E-state index in [2.05, 4.69) is 15.9 Å². The Morgan fingerprint density at radius 2 is 2.25 bits per heavy atom. The van der Waals surface area contributed by atoms with Crippen LogP contribution in [0.4, 0.5) is 0 Å². The lowest BCUT2D eigenvalue weighted by Crippen LogP contribution is -2.05. The Morgan fingerprint density at radius 1 is 1.50 bits per heavy atom. The molecule has 3 heteroatoms. The van der Waals surface area contributed by atoms with Gasteiger partial charge in [0.25, 0.3) is 0 Å². The Hall–Kier alpha value is -0.540. The van der Waals surface area contributed by atoms with E-state index in [0.29, 0.717) is 5.75 Å². The fourth-order valence-corrected chi connectivity index (χ4v) is 2.24. The van der Waals surface area contributed by atoms with Gasteiger partial charge in [0.2, 0.25) is 0 Å². The highest BCUT2D eigenvalue weighted by Gasteiger charge is 2.22. The molecule has 1 aromatic rings. The number of hydrogen-bond acceptors (Lipinski definition) is 2. The third-order valence-corrected chi connectivity index (χ3v) is 2.76. The summed E-state index contributed by atoms with van der Waals surface area (Å²) in [4.78, 5) is 0. The summed E-state index contributed by atoms with van der Waals surface area (Å²) in [5.41, 5.74) is 7.93. The number of hydrogen-bond donors (Lipinski definition) is 2. The first-order valence-corrected chi connectivity index (χ1v) is 4.74. The standard InChI is InChI=1S/C9H10BrNO/c10-6-3-5-1-2-7(11)9(5)8(12)4-6/h3-4,7,12H,1-2,11H2/t7-/m0/s1. The second-order valence-corrected chi connectivity index (χ2v) is 4.06. The van der Waals surface area contributed by atoms with Gasteiger partial charge in [-0.15, -0.1) is 0 Å². The number of phenols is 1. The largest absolute Gasteiger partial charge is 0.508 e. The third-order valence-electron chi connectivity index (χ3n) is 2.30. The number of halogens is 1. The highest BCUT2D eigenvalue weighted by molar-refractivity contribution is 9.10. The first-order valence-electron chi connectivity index (χ1n) is 3.95. The van der Waals surface area contributed by atoms with E-state index in [9.17, 15) is 5.11 Å². The molecule has 0 saturated carbocycles. The van der Waals surface area contributed by atoms with Gasteiger partial charge in [0.15, 0.2) is 0 Å². The van der Waals surface area contributed by atoms with E-state index in [1.165, 1.54) is 5.56 Å². The van der Waals surface area contributed by atoms with E-state index in [-0.39, 0.29) is 6.04 Å². The molecule has 0 aromatic heterocycles. The number of aromatic hydroxyl groups is 1. The van der Waals surface area contributed by atoms with E-state index < -0.39 is 0 Å². The van der Waals surface area contributed by atoms with E-state index in [0.717, 1.165) is 22.9 Å². The molecule has 2 nitrogen and oxygen atoms in total. The zero-order valence-corrected chi connectivity index (χ0v) is 8.13. The number of aryl methyl sites for hydroxylation is 1. The molecular weight excluding hydrogens is 218 g/mol. The van der Waals surface area contributed by atoms with Gasteiger partial charge in [0.1, 0.15) is 5.75 Å². The first kappa shape index (κ1) is 8.08. The lowest BCUT2D eigenvalue weighted by Gasteiger charge is -2.07. The van der Waals surface area contributed by atoms with Crippen LogP contribution in [0.3, 0.4) is 0 Å². The van der Waals surface area contributed by atoms with Crippen LogP contribution in [-0.2, 0) is 6.42 Å². The van der Waals surface area contributed by atoms with Crippen LogP contribution in [-0.4, -0.2) is 5.11 Å². The van der Waals surface area contributed by atoms with Gasteiger partial charge >= 0.3 is 0 Å². The van der Waals surface area contributed by atoms with Gasteiger partial charge < -0.3 is 10.8 Å². The Bertz CT molecular complexity index is 325. The van der Waals surface area contributed by atoms with Crippen molar-refractivity contribution in [3.05, 3.63) is 27.7 Å². The van der Waals surface area contributed by atoms with Crippen LogP contribution in [0, 0.1) is 0 Å². The molecule has 1 aliphatic carbocycles. The zero-order chi connectivity index (χ0) is 8.72. The van der Waals surface area contributed by atoms with Crippen molar-refractivity contribution in [3.63, 3.8) is 0 Å². The molecule has 0 saturated heterocycles. The summed E-state index contributed by atoms with van der Waals surface area (Å²) in [7, 11) is 0. The number of nitrogens with two attached hydrogens (primary N) is 1. The lowest BCUT2D eigenvalue weighted by molar-refractivity contribution is 0.463. The molecule has 1 aromatic carbocycles. The average Bonchev–Trinajstić information content (AvgIpc) is 2.31. The lowest BCUT2D eigenvalue weighted by atomic mass is 10.1. The number of benzene rings is 1. The molecule has 0 heterocycles. The fraction of sp³-hybridized carbons (Fsp3) is 0.333. The van der Waals surface area contributed by atoms with Gasteiger partial charge in [0, 0.05) is 16.1 Å². The van der Waals surface area contributed by atoms with E-state index in [4.69, 9.17) is 5.73 Å². The number of phenolic OH excluding ortho intramolecular Hbond substituents is 1. The maximum atomic E-state index is 9.57. The van der Waals surface area contributed by atoms with Crippen molar-refractivity contribution in [3.8, 4) is 5.75 Å². The highest BCUT2D eigenvalue weighted by atomic mass is 79.9. The van der Waals surface area contributed by atoms with Gasteiger partial charge in [0.05, 0.1) is 0 Å². The van der Waals surface area contributed by atoms with Crippen LogP contribution in [0.1, 0.15) is 23.6 Å². The fourth-order valence-electron chi connectivity index (χ4n) is 1.75. The summed E-state index contributed by atoms with van der Waals surface area (Å²) in [6, 6.07) is 3.75. The second-order valence-electron chi connectivity index (χ2n) is 3.14. The summed E-state index contributed by atoms with van der Waals surface area (Å²) in [6.07, 6.45) is 1.92. The molecule has 2 rings (SSSR count). The van der Waals surface area contributed by atoms with Gasteiger partial charge in [-0.25, -0.2) is 0 Å². The third kappa shape index (κ3) is 1.13. The number of rotatable bonds is 0. The van der Waals surface area contributed by atoms with Gasteiger partial charge in [-0.1, -0.05) is 15.9 Å². The molecule has 0 bridgehead atoms. The van der Waals surface area contributed by atoms with Gasteiger partial charge in [-0.05, 0) is 30.5 Å². The first-order chi connectivity index (χ1) is 5.68. The van der Waals surface area contributed by atoms with Crippen LogP contribution in [0.25, 0.3) is 0 Å². The van der Waals surface area contributed by atoms with E-state index in [1.54, 1.807) is 6.07 Å². The minimum absolute atomic E-state index is 0.0214. The molecule has 1 aliphatic rings. The molecule has 0 amide bonds. The van der Waals surface area contributed by atoms with Crippen LogP contribution < -0.4 is 5.73 Å². The molecule has 0 radical (unpaired) electrons. The van der Waals surface area contributed by atoms with Crippen molar-refractivity contribution in [2.45, 2.75) is 18.9 Å². The molecular formula is C9H10BrNO. The van der Waals surface area contributed by atoms with Crippen LogP contribution in [0.2, 0.25) is 0 Å². The van der Waals surface area contributed by atoms with Crippen molar-refractivity contribution >= 4 is 15.9 Å². The van der Waals surface area contributed by atoms with Crippen molar-refractivity contribution in [2.75, 3.05) is 0 Å². The Balaban J connectivity index is 2.60. The Labute approximate surface area is 79.5 Å². The van der Waals surface area contributed by atoms with Crippen molar-refractivity contribution in [1.82, 2.24) is 0 Å². The smallest absolute Gasteiger partial charge is 0.121 e. The van der Waals surface area contributed by atoms with Crippen LogP contribution >= 0.6 is 15.9 Å². The molecule has 0 aliphatic heterocycles. The van der Waals surface area contributed by atoms with Crippen molar-refractivity contribution < 1.29 is 5.11 Å². The van der Waals surface area contributed by atoms with Crippen LogP contribution in [0.5, 0.6) is 5.75 Å². The molecule has 0 spiro atoms. The minimum Gasteiger partial charge on any atom is -0.508 e. The summed E-state index contributed by atoms with van der Waals surface area (Å²) in [6.45, 7) is 0. The predicted octanol–water partition coefficient (Wildman–Crippen LogP) is 2.10. The molecule has 12 heavy (non-hydrogen) atoms. The summed E-state index contributed by atoms with van der Waals surface area (Å²) in [5, 5.41) is 9.57. The monoisotopic (exact) mass is 227 g/mol. The maximum absolute atomic E-state index is 9.57. The number of fused-ring (bicyclic) bond motifs is 1. The maximum Gasteiger partial charge on any atom is 0.121 e. The Kier molecular flexibility index (Phi) is 1.85. The topological polar surface area (TPSA) is 46.2 Å².